The summed E-state index contributed by atoms with van der Waals surface area (Å²) >= 11 is 3.61. The molecular formula is C14H13NS2. The molecule has 3 heterocycles. The largest absolute Gasteiger partial charge is 0.245 e. The number of rotatable bonds is 2. The summed E-state index contributed by atoms with van der Waals surface area (Å²) in [4.78, 5) is 8.38. The lowest BCUT2D eigenvalue weighted by Crippen LogP contribution is -1.76. The minimum absolute atomic E-state index is 1.12. The Balaban J connectivity index is 2.23. The van der Waals surface area contributed by atoms with Crippen molar-refractivity contribution in [2.75, 3.05) is 0 Å². The lowest BCUT2D eigenvalue weighted by atomic mass is 10.1. The lowest BCUT2D eigenvalue weighted by Gasteiger charge is -1.98. The Morgan fingerprint density at radius 1 is 1.29 bits per heavy atom. The first kappa shape index (κ1) is 10.9. The van der Waals surface area contributed by atoms with E-state index in [1.54, 1.807) is 11.3 Å². The molecule has 0 aliphatic carbocycles. The Morgan fingerprint density at radius 2 is 2.18 bits per heavy atom. The van der Waals surface area contributed by atoms with E-state index in [-0.39, 0.29) is 0 Å². The standard InChI is InChI=1S/C14H13NS2/c1-3-12-9(2)8-13(17-12)10-4-6-15-14-11(10)5-7-16-14/h4-8H,3H2,1-2H3. The number of fused-ring (bicyclic) bond motifs is 1. The highest BCUT2D eigenvalue weighted by atomic mass is 32.1. The molecule has 3 aromatic rings. The molecule has 0 saturated heterocycles. The first-order chi connectivity index (χ1) is 8.29. The number of hydrogen-bond acceptors (Lipinski definition) is 3. The molecule has 0 fully saturated rings. The molecule has 3 heteroatoms. The van der Waals surface area contributed by atoms with E-state index in [2.05, 4.69) is 42.4 Å². The zero-order valence-electron chi connectivity index (χ0n) is 9.86. The Kier molecular flexibility index (Phi) is 2.73. The Labute approximate surface area is 109 Å². The summed E-state index contributed by atoms with van der Waals surface area (Å²) < 4.78 is 0. The quantitative estimate of drug-likeness (QED) is 0.638. The Morgan fingerprint density at radius 3 is 2.94 bits per heavy atom. The van der Waals surface area contributed by atoms with Gasteiger partial charge in [0.2, 0.25) is 0 Å². The average molecular weight is 259 g/mol. The first-order valence-electron chi connectivity index (χ1n) is 5.71. The van der Waals surface area contributed by atoms with Crippen LogP contribution >= 0.6 is 22.7 Å². The second-order valence-electron chi connectivity index (χ2n) is 4.07. The van der Waals surface area contributed by atoms with Gasteiger partial charge in [0.25, 0.3) is 0 Å². The van der Waals surface area contributed by atoms with Crippen molar-refractivity contribution < 1.29 is 0 Å². The maximum absolute atomic E-state index is 4.40. The smallest absolute Gasteiger partial charge is 0.123 e. The number of aryl methyl sites for hydroxylation is 2. The summed E-state index contributed by atoms with van der Waals surface area (Å²) in [6.07, 6.45) is 3.03. The highest BCUT2D eigenvalue weighted by molar-refractivity contribution is 7.17. The molecule has 3 aromatic heterocycles. The maximum Gasteiger partial charge on any atom is 0.123 e. The van der Waals surface area contributed by atoms with Gasteiger partial charge in [-0.2, -0.15) is 0 Å². The molecule has 0 aromatic carbocycles. The molecule has 0 amide bonds. The highest BCUT2D eigenvalue weighted by Gasteiger charge is 2.10. The van der Waals surface area contributed by atoms with Gasteiger partial charge < -0.3 is 0 Å². The van der Waals surface area contributed by atoms with Crippen LogP contribution in [0, 0.1) is 6.92 Å². The van der Waals surface area contributed by atoms with Crippen LogP contribution in [0.1, 0.15) is 17.4 Å². The number of pyridine rings is 1. The minimum atomic E-state index is 1.12. The average Bonchev–Trinajstić information content (AvgIpc) is 2.94. The van der Waals surface area contributed by atoms with E-state index < -0.39 is 0 Å². The molecule has 86 valence electrons. The topological polar surface area (TPSA) is 12.9 Å². The number of thiophene rings is 2. The van der Waals surface area contributed by atoms with Crippen molar-refractivity contribution in [3.63, 3.8) is 0 Å². The van der Waals surface area contributed by atoms with Gasteiger partial charge in [0, 0.05) is 26.9 Å². The summed E-state index contributed by atoms with van der Waals surface area (Å²) in [5.41, 5.74) is 2.73. The zero-order chi connectivity index (χ0) is 11.8. The van der Waals surface area contributed by atoms with Gasteiger partial charge in [-0.15, -0.1) is 22.7 Å². The highest BCUT2D eigenvalue weighted by Crippen LogP contribution is 2.36. The fourth-order valence-corrected chi connectivity index (χ4v) is 4.01. The normalized spacial score (nSPS) is 11.2. The van der Waals surface area contributed by atoms with Gasteiger partial charge in [0.15, 0.2) is 0 Å². The van der Waals surface area contributed by atoms with Crippen LogP contribution < -0.4 is 0 Å². The van der Waals surface area contributed by atoms with Crippen molar-refractivity contribution in [2.45, 2.75) is 20.3 Å². The summed E-state index contributed by atoms with van der Waals surface area (Å²) in [6.45, 7) is 4.42. The van der Waals surface area contributed by atoms with Crippen LogP contribution in [-0.2, 0) is 6.42 Å². The second kappa shape index (κ2) is 4.24. The fourth-order valence-electron chi connectivity index (χ4n) is 2.09. The van der Waals surface area contributed by atoms with Crippen LogP contribution in [0.5, 0.6) is 0 Å². The van der Waals surface area contributed by atoms with E-state index in [9.17, 15) is 0 Å². The zero-order valence-corrected chi connectivity index (χ0v) is 11.5. The van der Waals surface area contributed by atoms with Gasteiger partial charge in [-0.05, 0) is 42.5 Å². The predicted molar refractivity (Wildman–Crippen MR) is 77.0 cm³/mol. The number of hydrogen-bond donors (Lipinski definition) is 0. The van der Waals surface area contributed by atoms with Crippen molar-refractivity contribution in [2.24, 2.45) is 0 Å². The monoisotopic (exact) mass is 259 g/mol. The van der Waals surface area contributed by atoms with Gasteiger partial charge in [-0.3, -0.25) is 0 Å². The Bertz CT molecular complexity index is 664. The van der Waals surface area contributed by atoms with Crippen LogP contribution in [0.2, 0.25) is 0 Å². The van der Waals surface area contributed by atoms with Crippen molar-refractivity contribution in [1.29, 1.82) is 0 Å². The first-order valence-corrected chi connectivity index (χ1v) is 7.41. The van der Waals surface area contributed by atoms with E-state index in [1.165, 1.54) is 26.3 Å². The molecule has 0 bridgehead atoms. The third-order valence-corrected chi connectivity index (χ3v) is 5.21. The third kappa shape index (κ3) is 1.79. The van der Waals surface area contributed by atoms with Crippen molar-refractivity contribution in [3.8, 4) is 10.4 Å². The van der Waals surface area contributed by atoms with E-state index in [4.69, 9.17) is 0 Å². The van der Waals surface area contributed by atoms with Crippen LogP contribution in [0.25, 0.3) is 20.7 Å². The molecule has 1 nitrogen and oxygen atoms in total. The van der Waals surface area contributed by atoms with Gasteiger partial charge in [-0.25, -0.2) is 4.98 Å². The van der Waals surface area contributed by atoms with Crippen molar-refractivity contribution >= 4 is 32.9 Å². The molecule has 0 saturated carbocycles. The fraction of sp³-hybridized carbons (Fsp3) is 0.214. The summed E-state index contributed by atoms with van der Waals surface area (Å²) in [5, 5.41) is 3.39. The molecule has 3 rings (SSSR count). The molecule has 0 spiro atoms. The van der Waals surface area contributed by atoms with E-state index in [1.807, 2.05) is 17.5 Å². The van der Waals surface area contributed by atoms with Gasteiger partial charge in [0.05, 0.1) is 0 Å². The molecule has 0 aliphatic rings. The van der Waals surface area contributed by atoms with Crippen molar-refractivity contribution in [1.82, 2.24) is 4.98 Å². The molecule has 0 N–H and O–H groups in total. The number of nitrogens with zero attached hydrogens (tertiary/aromatic N) is 1. The van der Waals surface area contributed by atoms with Crippen LogP contribution in [-0.4, -0.2) is 4.98 Å². The summed E-state index contributed by atoms with van der Waals surface area (Å²) in [6, 6.07) is 6.60. The van der Waals surface area contributed by atoms with Gasteiger partial charge in [-0.1, -0.05) is 6.92 Å². The maximum atomic E-state index is 4.40. The number of aromatic nitrogens is 1. The molecule has 0 unspecified atom stereocenters. The van der Waals surface area contributed by atoms with Gasteiger partial charge >= 0.3 is 0 Å². The molecular weight excluding hydrogens is 246 g/mol. The van der Waals surface area contributed by atoms with E-state index >= 15 is 0 Å². The predicted octanol–water partition coefficient (Wildman–Crippen LogP) is 4.90. The van der Waals surface area contributed by atoms with Crippen LogP contribution in [0.4, 0.5) is 0 Å². The molecule has 17 heavy (non-hydrogen) atoms. The molecule has 0 atom stereocenters. The van der Waals surface area contributed by atoms with Crippen LogP contribution in [0.3, 0.4) is 0 Å². The summed E-state index contributed by atoms with van der Waals surface area (Å²) in [7, 11) is 0. The van der Waals surface area contributed by atoms with Crippen molar-refractivity contribution in [3.05, 3.63) is 40.2 Å². The Hall–Kier alpha value is -1.19. The van der Waals surface area contributed by atoms with Crippen LogP contribution in [0.15, 0.2) is 29.8 Å². The second-order valence-corrected chi connectivity index (χ2v) is 6.10. The third-order valence-electron chi connectivity index (χ3n) is 2.98. The summed E-state index contributed by atoms with van der Waals surface area (Å²) in [5.74, 6) is 0. The van der Waals surface area contributed by atoms with E-state index in [0.29, 0.717) is 0 Å². The SMILES string of the molecule is CCc1sc(-c2ccnc3sccc23)cc1C. The van der Waals surface area contributed by atoms with Gasteiger partial charge in [0.1, 0.15) is 4.83 Å². The minimum Gasteiger partial charge on any atom is -0.245 e. The van der Waals surface area contributed by atoms with E-state index in [0.717, 1.165) is 11.3 Å². The molecule has 0 aliphatic heterocycles. The lowest BCUT2D eigenvalue weighted by molar-refractivity contribution is 1.16. The molecule has 0 radical (unpaired) electrons.